The van der Waals surface area contributed by atoms with E-state index < -0.39 is 27.7 Å². The van der Waals surface area contributed by atoms with Gasteiger partial charge in [-0.25, -0.2) is 13.6 Å². The number of ether oxygens (including phenoxy) is 2. The van der Waals surface area contributed by atoms with Crippen LogP contribution in [0.4, 0.5) is 13.2 Å². The number of nitrogens with zero attached hydrogens (tertiary/aromatic N) is 4. The first-order valence-corrected chi connectivity index (χ1v) is 10.2. The number of methoxy groups -OCH3 is 1. The number of H-pyrrole nitrogens is 1. The Morgan fingerprint density at radius 3 is 2.42 bits per heavy atom. The van der Waals surface area contributed by atoms with Crippen LogP contribution in [0.25, 0.3) is 22.5 Å². The minimum Gasteiger partial charge on any atom is -0.341 e. The van der Waals surface area contributed by atoms with Gasteiger partial charge in [0, 0.05) is 25.5 Å². The molecule has 2 aromatic heterocycles. The second-order valence-electron chi connectivity index (χ2n) is 6.14. The van der Waals surface area contributed by atoms with Gasteiger partial charge in [-0.15, -0.1) is 10.2 Å². The van der Waals surface area contributed by atoms with E-state index in [0.717, 1.165) is 19.4 Å². The molecule has 14 heteroatoms. The van der Waals surface area contributed by atoms with Gasteiger partial charge in [-0.05, 0) is 29.8 Å². The molecule has 0 bridgehead atoms. The molecule has 0 spiro atoms. The zero-order valence-electron chi connectivity index (χ0n) is 16.2. The van der Waals surface area contributed by atoms with E-state index in [9.17, 15) is 21.6 Å². The van der Waals surface area contributed by atoms with Crippen molar-refractivity contribution in [3.8, 4) is 22.5 Å². The highest BCUT2D eigenvalue weighted by molar-refractivity contribution is 7.89. The number of nitrogens with one attached hydrogen (secondary N) is 1. The fraction of sp³-hybridized carbons (Fsp3) is 0.294. The first-order valence-electron chi connectivity index (χ1n) is 8.67. The van der Waals surface area contributed by atoms with Crippen LogP contribution in [0, 0.1) is 0 Å². The van der Waals surface area contributed by atoms with E-state index >= 15 is 0 Å². The molecule has 1 atom stereocenters. The quantitative estimate of drug-likeness (QED) is 0.511. The minimum atomic E-state index is -4.91. The molecule has 3 N–H and O–H groups in total. The van der Waals surface area contributed by atoms with E-state index in [2.05, 4.69) is 30.3 Å². The Bertz CT molecular complexity index is 1150. The molecule has 2 heterocycles. The Morgan fingerprint density at radius 2 is 1.94 bits per heavy atom. The Labute approximate surface area is 174 Å². The molecule has 1 aromatic carbocycles. The number of nitrogens with two attached hydrogens (primary N) is 1. The van der Waals surface area contributed by atoms with Crippen molar-refractivity contribution in [3.05, 3.63) is 42.2 Å². The van der Waals surface area contributed by atoms with Crippen LogP contribution in [-0.2, 0) is 25.3 Å². The maximum Gasteiger partial charge on any atom is 0.449 e. The number of aromatic nitrogens is 5. The molecule has 10 nitrogen and oxygen atoms in total. The van der Waals surface area contributed by atoms with E-state index in [1.807, 2.05) is 0 Å². The molecule has 0 saturated heterocycles. The summed E-state index contributed by atoms with van der Waals surface area (Å²) < 4.78 is 74.8. The number of halogens is 3. The maximum atomic E-state index is 13.7. The molecule has 0 amide bonds. The van der Waals surface area contributed by atoms with Gasteiger partial charge in [0.2, 0.25) is 15.8 Å². The van der Waals surface area contributed by atoms with E-state index in [1.54, 1.807) is 0 Å². The lowest BCUT2D eigenvalue weighted by atomic mass is 9.99. The molecule has 0 saturated carbocycles. The highest BCUT2D eigenvalue weighted by Gasteiger charge is 2.59. The van der Waals surface area contributed by atoms with Gasteiger partial charge in [0.25, 0.3) is 0 Å². The molecule has 0 aliphatic carbocycles. The second kappa shape index (κ2) is 8.30. The molecule has 0 aliphatic rings. The molecular weight excluding hydrogens is 441 g/mol. The number of hydrogen-bond donors (Lipinski definition) is 2. The van der Waals surface area contributed by atoms with Crippen molar-refractivity contribution in [2.75, 3.05) is 13.7 Å². The first-order chi connectivity index (χ1) is 14.5. The molecule has 0 radical (unpaired) electrons. The summed E-state index contributed by atoms with van der Waals surface area (Å²) in [6.45, 7) is 1.11. The summed E-state index contributed by atoms with van der Waals surface area (Å²) in [7, 11) is -3.32. The number of aromatic amines is 1. The van der Waals surface area contributed by atoms with Gasteiger partial charge in [0.15, 0.2) is 0 Å². The fourth-order valence-corrected chi connectivity index (χ4v) is 3.79. The molecule has 0 aliphatic heterocycles. The number of pyridine rings is 1. The van der Waals surface area contributed by atoms with Gasteiger partial charge in [0.05, 0.1) is 10.5 Å². The first kappa shape index (κ1) is 22.7. The second-order valence-corrected chi connectivity index (χ2v) is 7.67. The maximum absolute atomic E-state index is 13.7. The highest BCUT2D eigenvalue weighted by Crippen LogP contribution is 2.43. The third-order valence-electron chi connectivity index (χ3n) is 4.32. The summed E-state index contributed by atoms with van der Waals surface area (Å²) >= 11 is 0. The van der Waals surface area contributed by atoms with Gasteiger partial charge in [-0.1, -0.05) is 18.2 Å². The predicted octanol–water partition coefficient (Wildman–Crippen LogP) is 1.97. The van der Waals surface area contributed by atoms with Crippen molar-refractivity contribution in [1.29, 1.82) is 0 Å². The number of hydrogen-bond acceptors (Lipinski definition) is 8. The number of primary sulfonamides is 1. The summed E-state index contributed by atoms with van der Waals surface area (Å²) in [4.78, 5) is 3.60. The SMILES string of the molecule is CCOC(OC)(c1ccc(-c2cccc(S(N)(=O)=O)c2-c2nn[nH]n2)cn1)C(F)(F)F. The van der Waals surface area contributed by atoms with E-state index in [0.29, 0.717) is 0 Å². The summed E-state index contributed by atoms with van der Waals surface area (Å²) in [6, 6.07) is 6.58. The third kappa shape index (κ3) is 4.14. The van der Waals surface area contributed by atoms with Crippen molar-refractivity contribution in [1.82, 2.24) is 25.6 Å². The average Bonchev–Trinajstić information content (AvgIpc) is 3.24. The van der Waals surface area contributed by atoms with Crippen LogP contribution in [0.3, 0.4) is 0 Å². The zero-order chi connectivity index (χ0) is 22.9. The Hall–Kier alpha value is -2.94. The standard InChI is InChI=1S/C17H17F3N6O4S/c1-3-30-16(29-2,17(18,19)20)13-8-7-10(9-22-13)11-5-4-6-12(31(21,27)28)14(11)15-23-25-26-24-15/h4-9H,3H2,1-2H3,(H2,21,27,28)(H,23,24,25,26). The number of benzene rings is 1. The predicted molar refractivity (Wildman–Crippen MR) is 101 cm³/mol. The topological polar surface area (TPSA) is 146 Å². The van der Waals surface area contributed by atoms with Crippen LogP contribution in [0.15, 0.2) is 41.4 Å². The van der Waals surface area contributed by atoms with Crippen LogP contribution in [0.1, 0.15) is 12.6 Å². The van der Waals surface area contributed by atoms with Crippen LogP contribution in [0.5, 0.6) is 0 Å². The zero-order valence-corrected chi connectivity index (χ0v) is 17.0. The summed E-state index contributed by atoms with van der Waals surface area (Å²) in [5.41, 5.74) is 0.0277. The number of rotatable bonds is 7. The molecule has 1 unspecified atom stereocenters. The van der Waals surface area contributed by atoms with Crippen molar-refractivity contribution in [3.63, 3.8) is 0 Å². The highest BCUT2D eigenvalue weighted by atomic mass is 32.2. The average molecular weight is 458 g/mol. The molecule has 0 fully saturated rings. The third-order valence-corrected chi connectivity index (χ3v) is 5.27. The van der Waals surface area contributed by atoms with Gasteiger partial charge in [-0.2, -0.15) is 18.4 Å². The number of tetrazole rings is 1. The monoisotopic (exact) mass is 458 g/mol. The summed E-state index contributed by atoms with van der Waals surface area (Å²) in [6.07, 6.45) is -3.78. The van der Waals surface area contributed by atoms with Crippen molar-refractivity contribution >= 4 is 10.0 Å². The van der Waals surface area contributed by atoms with Gasteiger partial charge < -0.3 is 9.47 Å². The number of sulfonamides is 1. The summed E-state index contributed by atoms with van der Waals surface area (Å²) in [5.74, 6) is -3.13. The molecule has 3 aromatic rings. The molecule has 31 heavy (non-hydrogen) atoms. The molecular formula is C17H17F3N6O4S. The van der Waals surface area contributed by atoms with Crippen LogP contribution in [-0.4, -0.2) is 53.9 Å². The largest absolute Gasteiger partial charge is 0.449 e. The van der Waals surface area contributed by atoms with E-state index in [1.165, 1.54) is 31.2 Å². The smallest absolute Gasteiger partial charge is 0.341 e. The van der Waals surface area contributed by atoms with Crippen LogP contribution in [0.2, 0.25) is 0 Å². The van der Waals surface area contributed by atoms with Crippen molar-refractivity contribution < 1.29 is 31.1 Å². The Morgan fingerprint density at radius 1 is 1.19 bits per heavy atom. The minimum absolute atomic E-state index is 0.0203. The van der Waals surface area contributed by atoms with E-state index in [-0.39, 0.29) is 34.0 Å². The van der Waals surface area contributed by atoms with Gasteiger partial charge in [-0.3, -0.25) is 4.98 Å². The van der Waals surface area contributed by atoms with Crippen LogP contribution < -0.4 is 5.14 Å². The fourth-order valence-electron chi connectivity index (χ4n) is 3.04. The van der Waals surface area contributed by atoms with E-state index in [4.69, 9.17) is 9.88 Å². The normalized spacial score (nSPS) is 14.4. The van der Waals surface area contributed by atoms with Crippen molar-refractivity contribution in [2.45, 2.75) is 23.8 Å². The Kier molecular flexibility index (Phi) is 6.09. The van der Waals surface area contributed by atoms with Gasteiger partial charge in [0.1, 0.15) is 5.69 Å². The number of alkyl halides is 3. The lowest BCUT2D eigenvalue weighted by Crippen LogP contribution is -2.47. The summed E-state index contributed by atoms with van der Waals surface area (Å²) in [5, 5.41) is 18.5. The lowest BCUT2D eigenvalue weighted by molar-refractivity contribution is -0.384. The van der Waals surface area contributed by atoms with Crippen molar-refractivity contribution in [2.24, 2.45) is 5.14 Å². The molecule has 166 valence electrons. The Balaban J connectivity index is 2.18. The lowest BCUT2D eigenvalue weighted by Gasteiger charge is -2.33. The molecule has 3 rings (SSSR count). The van der Waals surface area contributed by atoms with Gasteiger partial charge >= 0.3 is 12.0 Å². The van der Waals surface area contributed by atoms with Crippen LogP contribution >= 0.6 is 0 Å².